The van der Waals surface area contributed by atoms with Crippen LogP contribution in [0.25, 0.3) is 0 Å². The van der Waals surface area contributed by atoms with E-state index in [1.807, 2.05) is 0 Å². The van der Waals surface area contributed by atoms with E-state index >= 15 is 0 Å². The number of rotatable bonds is 5. The predicted molar refractivity (Wildman–Crippen MR) is 99.4 cm³/mol. The number of amides is 1. The fourth-order valence-corrected chi connectivity index (χ4v) is 3.01. The normalized spacial score (nSPS) is 11.1. The van der Waals surface area contributed by atoms with Crippen LogP contribution in [-0.4, -0.2) is 33.2 Å². The lowest BCUT2D eigenvalue weighted by atomic mass is 10.1. The average Bonchev–Trinajstić information content (AvgIpc) is 2.56. The molecular formula is C18H18ClNO5S. The minimum atomic E-state index is -3.46. The van der Waals surface area contributed by atoms with Crippen molar-refractivity contribution in [3.63, 3.8) is 0 Å². The quantitative estimate of drug-likeness (QED) is 0.785. The van der Waals surface area contributed by atoms with Gasteiger partial charge < -0.3 is 10.1 Å². The van der Waals surface area contributed by atoms with Gasteiger partial charge in [-0.15, -0.1) is 0 Å². The lowest BCUT2D eigenvalue weighted by Gasteiger charge is -2.11. The first kappa shape index (κ1) is 19.9. The van der Waals surface area contributed by atoms with Gasteiger partial charge in [0.15, 0.2) is 16.4 Å². The molecule has 0 radical (unpaired) electrons. The molecule has 0 spiro atoms. The molecule has 1 N–H and O–H groups in total. The van der Waals surface area contributed by atoms with E-state index in [2.05, 4.69) is 5.32 Å². The molecule has 0 bridgehead atoms. The van der Waals surface area contributed by atoms with Crippen molar-refractivity contribution in [1.82, 2.24) is 0 Å². The Morgan fingerprint density at radius 3 is 2.50 bits per heavy atom. The molecule has 0 aliphatic heterocycles. The lowest BCUT2D eigenvalue weighted by Crippen LogP contribution is -2.21. The maximum atomic E-state index is 12.2. The molecule has 0 heterocycles. The highest BCUT2D eigenvalue weighted by Gasteiger charge is 2.17. The third kappa shape index (κ3) is 4.83. The van der Waals surface area contributed by atoms with Crippen molar-refractivity contribution in [2.45, 2.75) is 18.7 Å². The first-order chi connectivity index (χ1) is 12.1. The topological polar surface area (TPSA) is 89.5 Å². The molecule has 0 atom stereocenters. The molecule has 26 heavy (non-hydrogen) atoms. The number of aryl methyl sites for hydroxylation is 1. The number of anilines is 1. The van der Waals surface area contributed by atoms with Gasteiger partial charge in [0, 0.05) is 17.0 Å². The van der Waals surface area contributed by atoms with E-state index in [1.54, 1.807) is 32.0 Å². The van der Waals surface area contributed by atoms with Crippen LogP contribution >= 0.6 is 11.6 Å². The number of sulfone groups is 1. The van der Waals surface area contributed by atoms with Crippen molar-refractivity contribution >= 4 is 39.0 Å². The van der Waals surface area contributed by atoms with Crippen molar-refractivity contribution in [3.8, 4) is 0 Å². The first-order valence-electron chi connectivity index (χ1n) is 7.62. The van der Waals surface area contributed by atoms with Crippen LogP contribution in [0.4, 0.5) is 5.69 Å². The number of halogens is 1. The van der Waals surface area contributed by atoms with Crippen molar-refractivity contribution in [2.75, 3.05) is 18.2 Å². The molecule has 0 saturated heterocycles. The maximum Gasteiger partial charge on any atom is 0.338 e. The van der Waals surface area contributed by atoms with Gasteiger partial charge in [-0.2, -0.15) is 0 Å². The average molecular weight is 396 g/mol. The van der Waals surface area contributed by atoms with Crippen LogP contribution in [0, 0.1) is 13.8 Å². The number of benzene rings is 2. The monoisotopic (exact) mass is 395 g/mol. The zero-order valence-electron chi connectivity index (χ0n) is 14.5. The van der Waals surface area contributed by atoms with Crippen LogP contribution < -0.4 is 5.32 Å². The van der Waals surface area contributed by atoms with E-state index in [-0.39, 0.29) is 10.5 Å². The second-order valence-electron chi connectivity index (χ2n) is 5.79. The Morgan fingerprint density at radius 1 is 1.15 bits per heavy atom. The number of nitrogens with one attached hydrogen (secondary N) is 1. The summed E-state index contributed by atoms with van der Waals surface area (Å²) in [5.41, 5.74) is 1.87. The van der Waals surface area contributed by atoms with Gasteiger partial charge in [-0.1, -0.05) is 23.7 Å². The molecule has 0 fully saturated rings. The molecule has 2 rings (SSSR count). The van der Waals surface area contributed by atoms with Gasteiger partial charge >= 0.3 is 5.97 Å². The van der Waals surface area contributed by atoms with E-state index in [1.165, 1.54) is 18.2 Å². The molecule has 138 valence electrons. The Balaban J connectivity index is 2.07. The Bertz CT molecular complexity index is 970. The van der Waals surface area contributed by atoms with Crippen molar-refractivity contribution in [1.29, 1.82) is 0 Å². The van der Waals surface area contributed by atoms with Crippen molar-refractivity contribution in [2.24, 2.45) is 0 Å². The second kappa shape index (κ2) is 7.88. The summed E-state index contributed by atoms with van der Waals surface area (Å²) in [5.74, 6) is -1.30. The molecule has 0 aromatic heterocycles. The Hall–Kier alpha value is -2.38. The Morgan fingerprint density at radius 2 is 1.85 bits per heavy atom. The second-order valence-corrected chi connectivity index (χ2v) is 8.21. The molecular weight excluding hydrogens is 378 g/mol. The molecule has 0 saturated carbocycles. The van der Waals surface area contributed by atoms with Crippen LogP contribution in [0.2, 0.25) is 5.02 Å². The zero-order valence-corrected chi connectivity index (χ0v) is 16.1. The Labute approximate surface area is 157 Å². The summed E-state index contributed by atoms with van der Waals surface area (Å²) in [7, 11) is -3.46. The van der Waals surface area contributed by atoms with Gasteiger partial charge in [0.25, 0.3) is 5.91 Å². The fourth-order valence-electron chi connectivity index (χ4n) is 2.19. The number of esters is 1. The summed E-state index contributed by atoms with van der Waals surface area (Å²) >= 11 is 5.99. The summed E-state index contributed by atoms with van der Waals surface area (Å²) in [5, 5.41) is 3.12. The summed E-state index contributed by atoms with van der Waals surface area (Å²) in [6, 6.07) is 9.24. The van der Waals surface area contributed by atoms with Gasteiger partial charge in [0.1, 0.15) is 0 Å². The largest absolute Gasteiger partial charge is 0.452 e. The zero-order chi connectivity index (χ0) is 19.5. The van der Waals surface area contributed by atoms with Crippen molar-refractivity contribution < 1.29 is 22.7 Å². The minimum absolute atomic E-state index is 0.00838. The first-order valence-corrected chi connectivity index (χ1v) is 9.89. The van der Waals surface area contributed by atoms with Crippen molar-refractivity contribution in [3.05, 3.63) is 58.1 Å². The minimum Gasteiger partial charge on any atom is -0.452 e. The van der Waals surface area contributed by atoms with E-state index < -0.39 is 28.3 Å². The highest BCUT2D eigenvalue weighted by Crippen LogP contribution is 2.23. The van der Waals surface area contributed by atoms with Crippen LogP contribution in [0.3, 0.4) is 0 Å². The van der Waals surface area contributed by atoms with Crippen LogP contribution in [-0.2, 0) is 19.4 Å². The molecule has 0 aliphatic rings. The molecule has 2 aromatic carbocycles. The van der Waals surface area contributed by atoms with Gasteiger partial charge in [0.05, 0.1) is 10.5 Å². The predicted octanol–water partition coefficient (Wildman–Crippen LogP) is 3.16. The summed E-state index contributed by atoms with van der Waals surface area (Å²) in [4.78, 5) is 24.2. The van der Waals surface area contributed by atoms with Crippen LogP contribution in [0.5, 0.6) is 0 Å². The van der Waals surface area contributed by atoms with Crippen LogP contribution in [0.1, 0.15) is 21.5 Å². The Kier molecular flexibility index (Phi) is 6.05. The standard InChI is InChI=1S/C18H18ClNO5S/c1-11-7-8-13(26(3,23)24)9-14(11)18(22)25-10-17(21)20-16-6-4-5-15(19)12(16)2/h4-9H,10H2,1-3H3,(H,20,21). The van der Waals surface area contributed by atoms with E-state index in [9.17, 15) is 18.0 Å². The smallest absolute Gasteiger partial charge is 0.338 e. The van der Waals surface area contributed by atoms with E-state index in [4.69, 9.17) is 16.3 Å². The van der Waals surface area contributed by atoms with Gasteiger partial charge in [0.2, 0.25) is 0 Å². The number of hydrogen-bond acceptors (Lipinski definition) is 5. The number of carbonyl (C=O) groups excluding carboxylic acids is 2. The van der Waals surface area contributed by atoms with E-state index in [0.29, 0.717) is 21.8 Å². The van der Waals surface area contributed by atoms with Gasteiger partial charge in [-0.25, -0.2) is 13.2 Å². The number of carbonyl (C=O) groups is 2. The molecule has 1 amide bonds. The molecule has 0 unspecified atom stereocenters. The molecule has 0 aliphatic carbocycles. The third-order valence-electron chi connectivity index (χ3n) is 3.73. The molecule has 2 aromatic rings. The fraction of sp³-hybridized carbons (Fsp3) is 0.222. The van der Waals surface area contributed by atoms with Gasteiger partial charge in [-0.05, 0) is 49.2 Å². The number of ether oxygens (including phenoxy) is 1. The molecule has 8 heteroatoms. The third-order valence-corrected chi connectivity index (χ3v) is 5.25. The SMILES string of the molecule is Cc1ccc(S(C)(=O)=O)cc1C(=O)OCC(=O)Nc1cccc(Cl)c1C. The highest BCUT2D eigenvalue weighted by molar-refractivity contribution is 7.90. The molecule has 6 nitrogen and oxygen atoms in total. The summed E-state index contributed by atoms with van der Waals surface area (Å²) in [6.07, 6.45) is 1.05. The summed E-state index contributed by atoms with van der Waals surface area (Å²) in [6.45, 7) is 2.90. The highest BCUT2D eigenvalue weighted by atomic mass is 35.5. The summed E-state index contributed by atoms with van der Waals surface area (Å²) < 4.78 is 28.2. The number of hydrogen-bond donors (Lipinski definition) is 1. The van der Waals surface area contributed by atoms with Gasteiger partial charge in [-0.3, -0.25) is 4.79 Å². The maximum absolute atomic E-state index is 12.2. The lowest BCUT2D eigenvalue weighted by molar-refractivity contribution is -0.119. The van der Waals surface area contributed by atoms with E-state index in [0.717, 1.165) is 6.26 Å². The van der Waals surface area contributed by atoms with Crippen LogP contribution in [0.15, 0.2) is 41.3 Å².